The fraction of sp³-hybridized carbons (Fsp3) is 0.231. The first kappa shape index (κ1) is 18.4. The maximum Gasteiger partial charge on any atom is 0.494 e. The zero-order valence-electron chi connectivity index (χ0n) is 17.4. The zero-order chi connectivity index (χ0) is 20.2. The highest BCUT2D eigenvalue weighted by Gasteiger charge is 2.51. The van der Waals surface area contributed by atoms with E-state index in [1.807, 2.05) is 0 Å². The van der Waals surface area contributed by atoms with E-state index in [0.717, 1.165) is 5.46 Å². The molecule has 2 aliphatic rings. The first-order valence-corrected chi connectivity index (χ1v) is 10.2. The molecule has 5 rings (SSSR count). The van der Waals surface area contributed by atoms with E-state index in [2.05, 4.69) is 107 Å². The lowest BCUT2D eigenvalue weighted by Crippen LogP contribution is -2.41. The number of fused-ring (bicyclic) bond motifs is 3. The molecule has 1 aliphatic carbocycles. The van der Waals surface area contributed by atoms with E-state index in [-0.39, 0.29) is 18.3 Å². The average Bonchev–Trinajstić information content (AvgIpc) is 3.13. The van der Waals surface area contributed by atoms with E-state index < -0.39 is 0 Å². The van der Waals surface area contributed by atoms with Crippen LogP contribution in [-0.2, 0) is 9.31 Å². The number of rotatable bonds is 2. The Kier molecular flexibility index (Phi) is 4.09. The summed E-state index contributed by atoms with van der Waals surface area (Å²) in [5.41, 5.74) is 7.89. The molecular weight excluding hydrogens is 355 g/mol. The van der Waals surface area contributed by atoms with E-state index in [1.54, 1.807) is 0 Å². The lowest BCUT2D eigenvalue weighted by atomic mass is 9.77. The summed E-state index contributed by atoms with van der Waals surface area (Å²) in [6.45, 7) is 8.38. The van der Waals surface area contributed by atoms with Gasteiger partial charge in [-0.05, 0) is 72.6 Å². The predicted octanol–water partition coefficient (Wildman–Crippen LogP) is 5.56. The third-order valence-corrected chi connectivity index (χ3v) is 6.48. The van der Waals surface area contributed by atoms with E-state index in [0.29, 0.717) is 0 Å². The minimum Gasteiger partial charge on any atom is -0.399 e. The van der Waals surface area contributed by atoms with Gasteiger partial charge in [-0.15, -0.1) is 0 Å². The van der Waals surface area contributed by atoms with Gasteiger partial charge in [0.05, 0.1) is 11.2 Å². The number of hydrogen-bond acceptors (Lipinski definition) is 2. The molecule has 1 saturated heterocycles. The van der Waals surface area contributed by atoms with Crippen molar-refractivity contribution < 1.29 is 9.31 Å². The average molecular weight is 380 g/mol. The van der Waals surface area contributed by atoms with E-state index in [9.17, 15) is 0 Å². The first-order valence-electron chi connectivity index (χ1n) is 10.2. The van der Waals surface area contributed by atoms with Crippen molar-refractivity contribution in [3.63, 3.8) is 0 Å². The monoisotopic (exact) mass is 380 g/mol. The van der Waals surface area contributed by atoms with Crippen LogP contribution in [0.15, 0.2) is 72.8 Å². The molecule has 0 aromatic heterocycles. The summed E-state index contributed by atoms with van der Waals surface area (Å²) in [6, 6.07) is 25.7. The van der Waals surface area contributed by atoms with Gasteiger partial charge in [0.1, 0.15) is 0 Å². The fourth-order valence-corrected chi connectivity index (χ4v) is 4.11. The largest absolute Gasteiger partial charge is 0.494 e. The predicted molar refractivity (Wildman–Crippen MR) is 121 cm³/mol. The molecule has 0 saturated carbocycles. The Labute approximate surface area is 173 Å². The summed E-state index contributed by atoms with van der Waals surface area (Å²) in [4.78, 5) is 0. The van der Waals surface area contributed by atoms with Gasteiger partial charge in [0.15, 0.2) is 0 Å². The van der Waals surface area contributed by atoms with Crippen LogP contribution in [0.25, 0.3) is 22.8 Å². The van der Waals surface area contributed by atoms with Gasteiger partial charge in [-0.2, -0.15) is 0 Å². The molecule has 0 N–H and O–H groups in total. The quantitative estimate of drug-likeness (QED) is 0.424. The van der Waals surface area contributed by atoms with Crippen molar-refractivity contribution in [1.29, 1.82) is 0 Å². The van der Waals surface area contributed by atoms with Crippen LogP contribution in [0.2, 0.25) is 0 Å². The lowest BCUT2D eigenvalue weighted by molar-refractivity contribution is 0.00578. The minimum absolute atomic E-state index is 0.345. The Bertz CT molecular complexity index is 1100. The Morgan fingerprint density at radius 3 is 1.93 bits per heavy atom. The van der Waals surface area contributed by atoms with Crippen LogP contribution in [0.4, 0.5) is 0 Å². The van der Waals surface area contributed by atoms with Crippen LogP contribution >= 0.6 is 0 Å². The smallest absolute Gasteiger partial charge is 0.399 e. The fourth-order valence-electron chi connectivity index (χ4n) is 4.11. The molecule has 1 fully saturated rings. The Hall–Kier alpha value is -2.62. The topological polar surface area (TPSA) is 18.5 Å². The Morgan fingerprint density at radius 2 is 1.24 bits per heavy atom. The molecule has 3 heteroatoms. The highest BCUT2D eigenvalue weighted by atomic mass is 16.7. The molecule has 0 amide bonds. The van der Waals surface area contributed by atoms with Crippen LogP contribution < -0.4 is 5.46 Å². The van der Waals surface area contributed by atoms with E-state index in [1.165, 1.54) is 33.4 Å². The second-order valence-electron chi connectivity index (χ2n) is 8.91. The van der Waals surface area contributed by atoms with Gasteiger partial charge in [0.2, 0.25) is 0 Å². The van der Waals surface area contributed by atoms with Crippen LogP contribution in [0.1, 0.15) is 44.4 Å². The van der Waals surface area contributed by atoms with Gasteiger partial charge in [0.25, 0.3) is 0 Å². The molecule has 0 unspecified atom stereocenters. The van der Waals surface area contributed by atoms with Crippen LogP contribution in [-0.4, -0.2) is 18.3 Å². The van der Waals surface area contributed by atoms with Gasteiger partial charge >= 0.3 is 7.12 Å². The molecular formula is C26H25BO2. The highest BCUT2D eigenvalue weighted by Crippen LogP contribution is 2.45. The van der Waals surface area contributed by atoms with Gasteiger partial charge in [-0.1, -0.05) is 72.8 Å². The number of benzene rings is 3. The van der Waals surface area contributed by atoms with Gasteiger partial charge in [-0.25, -0.2) is 0 Å². The van der Waals surface area contributed by atoms with Crippen LogP contribution in [0.5, 0.6) is 0 Å². The summed E-state index contributed by atoms with van der Waals surface area (Å²) < 4.78 is 12.6. The third-order valence-electron chi connectivity index (χ3n) is 6.48. The van der Waals surface area contributed by atoms with E-state index >= 15 is 0 Å². The van der Waals surface area contributed by atoms with Crippen LogP contribution in [0, 0.1) is 0 Å². The summed E-state index contributed by atoms with van der Waals surface area (Å²) >= 11 is 0. The zero-order valence-corrected chi connectivity index (χ0v) is 17.4. The normalized spacial score (nSPS) is 20.0. The van der Waals surface area contributed by atoms with Crippen molar-refractivity contribution in [2.75, 3.05) is 0 Å². The molecule has 29 heavy (non-hydrogen) atoms. The molecule has 2 nitrogen and oxygen atoms in total. The molecule has 0 radical (unpaired) electrons. The van der Waals surface area contributed by atoms with Crippen molar-refractivity contribution in [3.8, 4) is 11.1 Å². The highest BCUT2D eigenvalue weighted by molar-refractivity contribution is 6.62. The minimum atomic E-state index is -0.355. The van der Waals surface area contributed by atoms with Crippen molar-refractivity contribution in [1.82, 2.24) is 0 Å². The van der Waals surface area contributed by atoms with Crippen molar-refractivity contribution in [2.45, 2.75) is 38.9 Å². The summed E-state index contributed by atoms with van der Waals surface area (Å²) in [6.07, 6.45) is 2.28. The van der Waals surface area contributed by atoms with Gasteiger partial charge in [-0.3, -0.25) is 0 Å². The Morgan fingerprint density at radius 1 is 0.655 bits per heavy atom. The van der Waals surface area contributed by atoms with Crippen molar-refractivity contribution >= 4 is 24.2 Å². The molecule has 1 aliphatic heterocycles. The standard InChI is InChI=1S/C26H25BO2/c1-25(2)26(3,4)29-27(28-25)19-14-15-22-20-12-8-9-13-21(20)23(24(22)17-19)16-18-10-6-5-7-11-18/h5-17H,1-4H3. The third kappa shape index (κ3) is 2.97. The van der Waals surface area contributed by atoms with Crippen LogP contribution in [0.3, 0.4) is 0 Å². The summed E-state index contributed by atoms with van der Waals surface area (Å²) in [5, 5.41) is 0. The SMILES string of the molecule is CC1(C)OB(c2ccc3c(c2)C(=Cc2ccccc2)c2ccccc2-3)OC1(C)C. The molecule has 3 aromatic rings. The molecule has 3 aromatic carbocycles. The second kappa shape index (κ2) is 6.45. The van der Waals surface area contributed by atoms with E-state index in [4.69, 9.17) is 9.31 Å². The van der Waals surface area contributed by atoms with Gasteiger partial charge in [0, 0.05) is 0 Å². The Balaban J connectivity index is 1.62. The summed E-state index contributed by atoms with van der Waals surface area (Å²) in [5.74, 6) is 0. The second-order valence-corrected chi connectivity index (χ2v) is 8.91. The maximum atomic E-state index is 6.30. The number of hydrogen-bond donors (Lipinski definition) is 0. The molecule has 0 spiro atoms. The first-order chi connectivity index (χ1) is 13.9. The van der Waals surface area contributed by atoms with Crippen molar-refractivity contribution in [3.05, 3.63) is 89.5 Å². The van der Waals surface area contributed by atoms with Gasteiger partial charge < -0.3 is 9.31 Å². The van der Waals surface area contributed by atoms with Crippen molar-refractivity contribution in [2.24, 2.45) is 0 Å². The molecule has 0 bridgehead atoms. The molecule has 1 heterocycles. The maximum absolute atomic E-state index is 6.30. The lowest BCUT2D eigenvalue weighted by Gasteiger charge is -2.32. The molecule has 144 valence electrons. The summed E-state index contributed by atoms with van der Waals surface area (Å²) in [7, 11) is -0.355. The molecule has 0 atom stereocenters.